The van der Waals surface area contributed by atoms with Crippen LogP contribution < -0.4 is 10.5 Å². The quantitative estimate of drug-likeness (QED) is 0.571. The summed E-state index contributed by atoms with van der Waals surface area (Å²) in [6.07, 6.45) is 1.07. The zero-order chi connectivity index (χ0) is 15.2. The average molecular weight is 317 g/mol. The van der Waals surface area contributed by atoms with Crippen molar-refractivity contribution in [3.63, 3.8) is 0 Å². The third-order valence-corrected chi connectivity index (χ3v) is 5.66. The van der Waals surface area contributed by atoms with Crippen molar-refractivity contribution in [1.29, 1.82) is 0 Å². The summed E-state index contributed by atoms with van der Waals surface area (Å²) >= 11 is 1.69. The predicted octanol–water partition coefficient (Wildman–Crippen LogP) is 2.77. The van der Waals surface area contributed by atoms with Crippen molar-refractivity contribution in [2.45, 2.75) is 32.1 Å². The Bertz CT molecular complexity index is 528. The molecule has 7 heteroatoms. The number of hydrogen-bond acceptors (Lipinski definition) is 4. The van der Waals surface area contributed by atoms with Gasteiger partial charge in [-0.25, -0.2) is 0 Å². The minimum absolute atomic E-state index is 0.427. The number of nitrogen functional groups attached to an aromatic ring is 1. The second-order valence-electron chi connectivity index (χ2n) is 4.29. The Morgan fingerprint density at radius 3 is 2.45 bits per heavy atom. The van der Waals surface area contributed by atoms with Crippen LogP contribution in [0.4, 0.5) is 11.4 Å². The predicted molar refractivity (Wildman–Crippen MR) is 87.3 cm³/mol. The molecule has 114 valence electrons. The number of thioether (sulfide) groups is 1. The van der Waals surface area contributed by atoms with Crippen molar-refractivity contribution < 1.29 is 8.42 Å². The molecule has 0 aromatic heterocycles. The molecule has 0 aliphatic carbocycles. The molecule has 0 heterocycles. The van der Waals surface area contributed by atoms with E-state index in [0.29, 0.717) is 24.5 Å². The van der Waals surface area contributed by atoms with E-state index in [9.17, 15) is 8.42 Å². The van der Waals surface area contributed by atoms with Crippen molar-refractivity contribution in [2.75, 3.05) is 29.3 Å². The van der Waals surface area contributed by atoms with E-state index in [1.165, 1.54) is 4.31 Å². The van der Waals surface area contributed by atoms with Crippen LogP contribution in [-0.4, -0.2) is 31.6 Å². The lowest BCUT2D eigenvalue weighted by Gasteiger charge is -2.20. The van der Waals surface area contributed by atoms with E-state index >= 15 is 0 Å². The van der Waals surface area contributed by atoms with E-state index < -0.39 is 10.2 Å². The summed E-state index contributed by atoms with van der Waals surface area (Å²) < 4.78 is 28.3. The van der Waals surface area contributed by atoms with Gasteiger partial charge in [0.15, 0.2) is 0 Å². The van der Waals surface area contributed by atoms with Gasteiger partial charge in [-0.3, -0.25) is 4.72 Å². The number of nitrogens with two attached hydrogens (primary N) is 1. The van der Waals surface area contributed by atoms with Gasteiger partial charge < -0.3 is 5.73 Å². The lowest BCUT2D eigenvalue weighted by atomic mass is 10.3. The monoisotopic (exact) mass is 317 g/mol. The Morgan fingerprint density at radius 1 is 1.25 bits per heavy atom. The molecule has 0 atom stereocenters. The molecular formula is C13H23N3O2S2. The van der Waals surface area contributed by atoms with Gasteiger partial charge in [-0.2, -0.15) is 12.7 Å². The third-order valence-electron chi connectivity index (χ3n) is 2.78. The molecule has 0 aliphatic rings. The van der Waals surface area contributed by atoms with Crippen molar-refractivity contribution in [3.8, 4) is 0 Å². The molecule has 0 amide bonds. The smallest absolute Gasteiger partial charge is 0.301 e. The van der Waals surface area contributed by atoms with Crippen LogP contribution in [-0.2, 0) is 10.2 Å². The van der Waals surface area contributed by atoms with Gasteiger partial charge in [-0.1, -0.05) is 20.8 Å². The molecule has 0 spiro atoms. The van der Waals surface area contributed by atoms with Gasteiger partial charge in [0, 0.05) is 18.0 Å². The molecule has 0 aliphatic heterocycles. The molecule has 0 fully saturated rings. The minimum Gasteiger partial charge on any atom is -0.397 e. The summed E-state index contributed by atoms with van der Waals surface area (Å²) in [6, 6.07) is 5.43. The number of nitrogens with one attached hydrogen (secondary N) is 1. The molecule has 0 saturated heterocycles. The maximum atomic E-state index is 12.2. The molecule has 3 N–H and O–H groups in total. The molecule has 5 nitrogen and oxygen atoms in total. The Balaban J connectivity index is 2.96. The fourth-order valence-electron chi connectivity index (χ4n) is 1.70. The first-order valence-electron chi connectivity index (χ1n) is 6.74. The van der Waals surface area contributed by atoms with Gasteiger partial charge >= 0.3 is 10.2 Å². The number of hydrogen-bond donors (Lipinski definition) is 2. The highest BCUT2D eigenvalue weighted by Gasteiger charge is 2.19. The average Bonchev–Trinajstić information content (AvgIpc) is 2.40. The highest BCUT2D eigenvalue weighted by atomic mass is 32.2. The van der Waals surface area contributed by atoms with Gasteiger partial charge in [0.05, 0.1) is 11.4 Å². The summed E-state index contributed by atoms with van der Waals surface area (Å²) in [5.41, 5.74) is 6.73. The van der Waals surface area contributed by atoms with Gasteiger partial charge in [0.1, 0.15) is 0 Å². The zero-order valence-corrected chi connectivity index (χ0v) is 13.9. The maximum Gasteiger partial charge on any atom is 0.301 e. The molecule has 1 rings (SSSR count). The molecule has 0 saturated carbocycles. The van der Waals surface area contributed by atoms with Gasteiger partial charge in [0.2, 0.25) is 0 Å². The zero-order valence-electron chi connectivity index (χ0n) is 12.2. The van der Waals surface area contributed by atoms with Crippen LogP contribution in [0, 0.1) is 0 Å². The first-order valence-corrected chi connectivity index (χ1v) is 9.17. The van der Waals surface area contributed by atoms with Crippen LogP contribution in [0.15, 0.2) is 23.1 Å². The van der Waals surface area contributed by atoms with Crippen LogP contribution in [0.1, 0.15) is 27.2 Å². The highest BCUT2D eigenvalue weighted by molar-refractivity contribution is 7.99. The van der Waals surface area contributed by atoms with Gasteiger partial charge in [0.25, 0.3) is 0 Å². The van der Waals surface area contributed by atoms with Crippen molar-refractivity contribution in [3.05, 3.63) is 18.2 Å². The SMILES string of the molecule is CCCSc1ccc(N)c(NS(=O)(=O)N(CC)CC)c1. The number of benzene rings is 1. The standard InChI is InChI=1S/C13H23N3O2S2/c1-4-9-19-11-7-8-12(14)13(10-11)15-20(17,18)16(5-2)6-3/h7-8,10,15H,4-6,9,14H2,1-3H3. The fourth-order valence-corrected chi connectivity index (χ4v) is 3.77. The fraction of sp³-hybridized carbons (Fsp3) is 0.538. The number of anilines is 2. The lowest BCUT2D eigenvalue weighted by Crippen LogP contribution is -2.35. The Kier molecular flexibility index (Phi) is 6.64. The van der Waals surface area contributed by atoms with Crippen molar-refractivity contribution >= 4 is 33.3 Å². The van der Waals surface area contributed by atoms with Crippen LogP contribution in [0.5, 0.6) is 0 Å². The molecule has 1 aromatic carbocycles. The minimum atomic E-state index is -3.54. The van der Waals surface area contributed by atoms with Crippen LogP contribution in [0.25, 0.3) is 0 Å². The normalized spacial score (nSPS) is 11.8. The summed E-state index contributed by atoms with van der Waals surface area (Å²) in [7, 11) is -3.54. The topological polar surface area (TPSA) is 75.4 Å². The first kappa shape index (κ1) is 17.1. The van der Waals surface area contributed by atoms with E-state index in [0.717, 1.165) is 17.1 Å². The maximum absolute atomic E-state index is 12.2. The van der Waals surface area contributed by atoms with Crippen LogP contribution in [0.3, 0.4) is 0 Å². The summed E-state index contributed by atoms with van der Waals surface area (Å²) in [5.74, 6) is 0.992. The van der Waals surface area contributed by atoms with E-state index in [4.69, 9.17) is 5.73 Å². The van der Waals surface area contributed by atoms with E-state index in [1.807, 2.05) is 6.07 Å². The Hall–Kier alpha value is -0.920. The Morgan fingerprint density at radius 2 is 1.90 bits per heavy atom. The van der Waals surface area contributed by atoms with Crippen molar-refractivity contribution in [2.24, 2.45) is 0 Å². The van der Waals surface area contributed by atoms with E-state index in [-0.39, 0.29) is 0 Å². The second kappa shape index (κ2) is 7.75. The third kappa shape index (κ3) is 4.57. The highest BCUT2D eigenvalue weighted by Crippen LogP contribution is 2.28. The molecule has 20 heavy (non-hydrogen) atoms. The Labute approximate surface area is 126 Å². The summed E-state index contributed by atoms with van der Waals surface area (Å²) in [6.45, 7) is 6.57. The molecule has 1 aromatic rings. The molecule has 0 unspecified atom stereocenters. The van der Waals surface area contributed by atoms with E-state index in [1.54, 1.807) is 37.7 Å². The number of rotatable bonds is 8. The lowest BCUT2D eigenvalue weighted by molar-refractivity contribution is 0.449. The molecule has 0 bridgehead atoms. The summed E-state index contributed by atoms with van der Waals surface area (Å²) in [4.78, 5) is 1.01. The second-order valence-corrected chi connectivity index (χ2v) is 7.13. The van der Waals surface area contributed by atoms with Gasteiger partial charge in [-0.05, 0) is 30.4 Å². The number of nitrogens with zero attached hydrogens (tertiary/aromatic N) is 1. The van der Waals surface area contributed by atoms with Gasteiger partial charge in [-0.15, -0.1) is 11.8 Å². The molecule has 0 radical (unpaired) electrons. The van der Waals surface area contributed by atoms with Crippen LogP contribution >= 0.6 is 11.8 Å². The summed E-state index contributed by atoms with van der Waals surface area (Å²) in [5, 5.41) is 0. The largest absolute Gasteiger partial charge is 0.397 e. The van der Waals surface area contributed by atoms with Crippen LogP contribution in [0.2, 0.25) is 0 Å². The van der Waals surface area contributed by atoms with E-state index in [2.05, 4.69) is 11.6 Å². The first-order chi connectivity index (χ1) is 9.44. The van der Waals surface area contributed by atoms with Crippen molar-refractivity contribution in [1.82, 2.24) is 4.31 Å². The molecular weight excluding hydrogens is 294 g/mol.